The standard InChI is InChI=1S/C13H18N2O3/c1-3-17-7-6-15(2)9-13-14-11-5-4-10(16)8-12(11)18-13/h4-5,8,16H,3,6-7,9H2,1-2H3. The second-order valence-electron chi connectivity index (χ2n) is 4.19. The quantitative estimate of drug-likeness (QED) is 0.795. The van der Waals surface area contributed by atoms with Gasteiger partial charge in [-0.25, -0.2) is 4.98 Å². The largest absolute Gasteiger partial charge is 0.508 e. The van der Waals surface area contributed by atoms with Gasteiger partial charge in [-0.2, -0.15) is 0 Å². The maximum absolute atomic E-state index is 9.35. The lowest BCUT2D eigenvalue weighted by Crippen LogP contribution is -2.22. The Bertz CT molecular complexity index is 510. The summed E-state index contributed by atoms with van der Waals surface area (Å²) in [5.74, 6) is 0.837. The molecule has 2 aromatic rings. The van der Waals surface area contributed by atoms with Crippen molar-refractivity contribution in [1.29, 1.82) is 0 Å². The number of oxazole rings is 1. The molecule has 5 heteroatoms. The summed E-state index contributed by atoms with van der Waals surface area (Å²) >= 11 is 0. The monoisotopic (exact) mass is 250 g/mol. The first-order chi connectivity index (χ1) is 8.69. The van der Waals surface area contributed by atoms with E-state index < -0.39 is 0 Å². The fourth-order valence-electron chi connectivity index (χ4n) is 1.70. The zero-order valence-corrected chi connectivity index (χ0v) is 10.7. The highest BCUT2D eigenvalue weighted by Gasteiger charge is 2.08. The molecule has 5 nitrogen and oxygen atoms in total. The van der Waals surface area contributed by atoms with Crippen molar-refractivity contribution in [3.8, 4) is 5.75 Å². The van der Waals surface area contributed by atoms with Gasteiger partial charge in [0, 0.05) is 19.2 Å². The lowest BCUT2D eigenvalue weighted by atomic mass is 10.3. The topological polar surface area (TPSA) is 58.7 Å². The maximum Gasteiger partial charge on any atom is 0.209 e. The summed E-state index contributed by atoms with van der Waals surface area (Å²) in [7, 11) is 1.99. The molecule has 0 aliphatic heterocycles. The minimum Gasteiger partial charge on any atom is -0.508 e. The molecule has 0 saturated carbocycles. The number of aromatic nitrogens is 1. The number of benzene rings is 1. The Balaban J connectivity index is 1.98. The Labute approximate surface area is 106 Å². The van der Waals surface area contributed by atoms with Gasteiger partial charge in [0.1, 0.15) is 11.3 Å². The molecule has 0 bridgehead atoms. The van der Waals surface area contributed by atoms with E-state index in [4.69, 9.17) is 9.15 Å². The number of phenols is 1. The molecule has 98 valence electrons. The van der Waals surface area contributed by atoms with Crippen molar-refractivity contribution < 1.29 is 14.3 Å². The maximum atomic E-state index is 9.35. The van der Waals surface area contributed by atoms with Crippen molar-refractivity contribution in [1.82, 2.24) is 9.88 Å². The predicted molar refractivity (Wildman–Crippen MR) is 68.5 cm³/mol. The third-order valence-electron chi connectivity index (χ3n) is 2.64. The third-order valence-corrected chi connectivity index (χ3v) is 2.64. The summed E-state index contributed by atoms with van der Waals surface area (Å²) in [6, 6.07) is 4.93. The van der Waals surface area contributed by atoms with Crippen LogP contribution < -0.4 is 0 Å². The first-order valence-electron chi connectivity index (χ1n) is 6.03. The van der Waals surface area contributed by atoms with Crippen LogP contribution in [0.25, 0.3) is 11.1 Å². The smallest absolute Gasteiger partial charge is 0.209 e. The van der Waals surface area contributed by atoms with Crippen molar-refractivity contribution in [2.75, 3.05) is 26.8 Å². The molecule has 0 saturated heterocycles. The molecule has 0 aliphatic carbocycles. The Morgan fingerprint density at radius 2 is 2.28 bits per heavy atom. The van der Waals surface area contributed by atoms with E-state index in [0.717, 1.165) is 18.7 Å². The zero-order valence-electron chi connectivity index (χ0n) is 10.7. The Morgan fingerprint density at radius 3 is 3.06 bits per heavy atom. The van der Waals surface area contributed by atoms with Crippen LogP contribution in [0.15, 0.2) is 22.6 Å². The summed E-state index contributed by atoms with van der Waals surface area (Å²) in [6.45, 7) is 4.87. The number of nitrogens with zero attached hydrogens (tertiary/aromatic N) is 2. The lowest BCUT2D eigenvalue weighted by Gasteiger charge is -2.13. The molecule has 1 aromatic heterocycles. The van der Waals surface area contributed by atoms with Gasteiger partial charge in [0.25, 0.3) is 0 Å². The molecule has 0 aliphatic rings. The number of fused-ring (bicyclic) bond motifs is 1. The number of hydrogen-bond acceptors (Lipinski definition) is 5. The van der Waals surface area contributed by atoms with Crippen molar-refractivity contribution in [2.45, 2.75) is 13.5 Å². The van der Waals surface area contributed by atoms with Gasteiger partial charge in [-0.1, -0.05) is 0 Å². The van der Waals surface area contributed by atoms with Crippen LogP contribution in [0.3, 0.4) is 0 Å². The van der Waals surface area contributed by atoms with Gasteiger partial charge in [-0.05, 0) is 26.1 Å². The average molecular weight is 250 g/mol. The highest BCUT2D eigenvalue weighted by molar-refractivity contribution is 5.74. The fourth-order valence-corrected chi connectivity index (χ4v) is 1.70. The van der Waals surface area contributed by atoms with Gasteiger partial charge in [0.2, 0.25) is 5.89 Å². The first kappa shape index (κ1) is 12.9. The van der Waals surface area contributed by atoms with Crippen molar-refractivity contribution in [3.05, 3.63) is 24.1 Å². The van der Waals surface area contributed by atoms with Crippen molar-refractivity contribution in [2.24, 2.45) is 0 Å². The SMILES string of the molecule is CCOCCN(C)Cc1nc2ccc(O)cc2o1. The van der Waals surface area contributed by atoms with E-state index in [9.17, 15) is 5.11 Å². The number of aromatic hydroxyl groups is 1. The Kier molecular flexibility index (Phi) is 4.17. The minimum absolute atomic E-state index is 0.190. The number of phenolic OH excluding ortho intramolecular Hbond substituents is 1. The molecular formula is C13H18N2O3. The van der Waals surface area contributed by atoms with E-state index in [1.54, 1.807) is 18.2 Å². The summed E-state index contributed by atoms with van der Waals surface area (Å²) in [5.41, 5.74) is 1.38. The molecule has 1 aromatic carbocycles. The van der Waals surface area contributed by atoms with Crippen LogP contribution in [0.4, 0.5) is 0 Å². The van der Waals surface area contributed by atoms with E-state index >= 15 is 0 Å². The van der Waals surface area contributed by atoms with Crippen LogP contribution in [0.1, 0.15) is 12.8 Å². The highest BCUT2D eigenvalue weighted by Crippen LogP contribution is 2.20. The second-order valence-corrected chi connectivity index (χ2v) is 4.19. The first-order valence-corrected chi connectivity index (χ1v) is 6.03. The number of ether oxygens (including phenoxy) is 1. The second kappa shape index (κ2) is 5.84. The molecule has 0 spiro atoms. The molecule has 0 amide bonds. The van der Waals surface area contributed by atoms with Gasteiger partial charge >= 0.3 is 0 Å². The summed E-state index contributed by atoms with van der Waals surface area (Å²) in [4.78, 5) is 6.45. The van der Waals surface area contributed by atoms with Gasteiger partial charge in [0.05, 0.1) is 13.2 Å². The Hall–Kier alpha value is -1.59. The van der Waals surface area contributed by atoms with E-state index in [1.165, 1.54) is 0 Å². The summed E-state index contributed by atoms with van der Waals surface area (Å²) in [6.07, 6.45) is 0. The number of rotatable bonds is 6. The molecule has 0 unspecified atom stereocenters. The van der Waals surface area contributed by atoms with Crippen LogP contribution in [0.2, 0.25) is 0 Å². The highest BCUT2D eigenvalue weighted by atomic mass is 16.5. The van der Waals surface area contributed by atoms with Crippen LogP contribution in [-0.2, 0) is 11.3 Å². The normalized spacial score (nSPS) is 11.5. The van der Waals surface area contributed by atoms with E-state index in [0.29, 0.717) is 24.6 Å². The van der Waals surface area contributed by atoms with E-state index in [2.05, 4.69) is 9.88 Å². The van der Waals surface area contributed by atoms with Crippen LogP contribution in [0.5, 0.6) is 5.75 Å². The number of likely N-dealkylation sites (N-methyl/N-ethyl adjacent to an activating group) is 1. The van der Waals surface area contributed by atoms with Crippen LogP contribution >= 0.6 is 0 Å². The molecule has 1 N–H and O–H groups in total. The molecule has 0 radical (unpaired) electrons. The van der Waals surface area contributed by atoms with Gasteiger partial charge in [-0.3, -0.25) is 4.90 Å². The minimum atomic E-state index is 0.190. The molecular weight excluding hydrogens is 232 g/mol. The summed E-state index contributed by atoms with van der Waals surface area (Å²) < 4.78 is 10.9. The van der Waals surface area contributed by atoms with Gasteiger partial charge < -0.3 is 14.3 Å². The zero-order chi connectivity index (χ0) is 13.0. The van der Waals surface area contributed by atoms with Crippen LogP contribution in [0, 0.1) is 0 Å². The molecule has 1 heterocycles. The van der Waals surface area contributed by atoms with Crippen molar-refractivity contribution >= 4 is 11.1 Å². The predicted octanol–water partition coefficient (Wildman–Crippen LogP) is 2.00. The Morgan fingerprint density at radius 1 is 1.44 bits per heavy atom. The molecule has 18 heavy (non-hydrogen) atoms. The van der Waals surface area contributed by atoms with E-state index in [-0.39, 0.29) is 5.75 Å². The van der Waals surface area contributed by atoms with Gasteiger partial charge in [0.15, 0.2) is 5.58 Å². The van der Waals surface area contributed by atoms with Gasteiger partial charge in [-0.15, -0.1) is 0 Å². The fraction of sp³-hybridized carbons (Fsp3) is 0.462. The van der Waals surface area contributed by atoms with Crippen LogP contribution in [-0.4, -0.2) is 41.8 Å². The molecule has 2 rings (SSSR count). The molecule has 0 atom stereocenters. The lowest BCUT2D eigenvalue weighted by molar-refractivity contribution is 0.117. The number of hydrogen-bond donors (Lipinski definition) is 1. The third kappa shape index (κ3) is 3.21. The van der Waals surface area contributed by atoms with Crippen molar-refractivity contribution in [3.63, 3.8) is 0 Å². The molecule has 0 fully saturated rings. The average Bonchev–Trinajstić information content (AvgIpc) is 2.70. The summed E-state index contributed by atoms with van der Waals surface area (Å²) in [5, 5.41) is 9.35. The van der Waals surface area contributed by atoms with E-state index in [1.807, 2.05) is 14.0 Å².